The Hall–Kier alpha value is -2.26. The second-order valence-electron chi connectivity index (χ2n) is 3.60. The van der Waals surface area contributed by atoms with Crippen molar-refractivity contribution in [3.05, 3.63) is 36.4 Å². The second-order valence-corrected chi connectivity index (χ2v) is 4.62. The van der Waals surface area contributed by atoms with E-state index in [0.29, 0.717) is 11.4 Å². The molecule has 1 aromatic carbocycles. The smallest absolute Gasteiger partial charge is 0.330 e. The molecule has 0 fully saturated rings. The lowest BCUT2D eigenvalue weighted by Crippen LogP contribution is -2.20. The van der Waals surface area contributed by atoms with Crippen molar-refractivity contribution >= 4 is 29.3 Å². The van der Waals surface area contributed by atoms with Crippen molar-refractivity contribution < 1.29 is 14.3 Å². The molecule has 0 aliphatic rings. The molecule has 6 heteroatoms. The number of ether oxygens (including phenoxy) is 1. The fraction of sp³-hybridized carbons (Fsp3) is 0.214. The minimum Gasteiger partial charge on any atom is -0.452 e. The number of nitrogens with one attached hydrogen (secondary N) is 1. The first-order chi connectivity index (χ1) is 9.67. The van der Waals surface area contributed by atoms with Crippen LogP contribution in [0.2, 0.25) is 0 Å². The van der Waals surface area contributed by atoms with E-state index in [9.17, 15) is 9.59 Å². The number of thioether (sulfide) groups is 1. The van der Waals surface area contributed by atoms with E-state index in [-0.39, 0.29) is 6.61 Å². The van der Waals surface area contributed by atoms with E-state index >= 15 is 0 Å². The molecule has 0 aliphatic carbocycles. The zero-order valence-electron chi connectivity index (χ0n) is 11.0. The largest absolute Gasteiger partial charge is 0.452 e. The van der Waals surface area contributed by atoms with E-state index < -0.39 is 11.9 Å². The highest BCUT2D eigenvalue weighted by molar-refractivity contribution is 7.99. The number of hydrogen-bond acceptors (Lipinski definition) is 5. The summed E-state index contributed by atoms with van der Waals surface area (Å²) in [6, 6.07) is 9.16. The second kappa shape index (κ2) is 8.77. The number of amides is 1. The van der Waals surface area contributed by atoms with Crippen molar-refractivity contribution in [2.24, 2.45) is 0 Å². The standard InChI is InChI=1S/C14H14N2O3S/c1-2-5-14(18)19-10-13(17)16-11-6-3-4-7-12(11)20-9-8-15/h2-7H,9-10H2,1H3,(H,16,17)/b5-2+. The number of nitrogens with zero attached hydrogens (tertiary/aromatic N) is 1. The van der Waals surface area contributed by atoms with Crippen LogP contribution in [0.1, 0.15) is 6.92 Å². The summed E-state index contributed by atoms with van der Waals surface area (Å²) in [4.78, 5) is 23.5. The van der Waals surface area contributed by atoms with Gasteiger partial charge in [-0.1, -0.05) is 18.2 Å². The normalized spacial score (nSPS) is 10.0. The average molecular weight is 290 g/mol. The van der Waals surface area contributed by atoms with Gasteiger partial charge in [-0.3, -0.25) is 4.79 Å². The van der Waals surface area contributed by atoms with Gasteiger partial charge in [-0.15, -0.1) is 11.8 Å². The summed E-state index contributed by atoms with van der Waals surface area (Å²) in [6.45, 7) is 1.34. The van der Waals surface area contributed by atoms with E-state index in [4.69, 9.17) is 10.00 Å². The van der Waals surface area contributed by atoms with Gasteiger partial charge in [-0.25, -0.2) is 4.79 Å². The lowest BCUT2D eigenvalue weighted by Gasteiger charge is -2.09. The van der Waals surface area contributed by atoms with Gasteiger partial charge in [-0.05, 0) is 19.1 Å². The summed E-state index contributed by atoms with van der Waals surface area (Å²) in [7, 11) is 0. The van der Waals surface area contributed by atoms with E-state index in [1.807, 2.05) is 18.2 Å². The first kappa shape index (κ1) is 15.8. The molecule has 0 spiro atoms. The molecule has 0 aliphatic heterocycles. The van der Waals surface area contributed by atoms with Crippen LogP contribution in [0, 0.1) is 11.3 Å². The Labute approximate surface area is 121 Å². The monoisotopic (exact) mass is 290 g/mol. The number of esters is 1. The van der Waals surface area contributed by atoms with E-state index in [1.54, 1.807) is 19.1 Å². The Kier molecular flexibility index (Phi) is 6.93. The van der Waals surface area contributed by atoms with Crippen molar-refractivity contribution in [1.82, 2.24) is 0 Å². The Morgan fingerprint density at radius 1 is 1.45 bits per heavy atom. The maximum Gasteiger partial charge on any atom is 0.330 e. The van der Waals surface area contributed by atoms with Crippen LogP contribution in [0.5, 0.6) is 0 Å². The van der Waals surface area contributed by atoms with Crippen LogP contribution in [0.3, 0.4) is 0 Å². The third-order valence-corrected chi connectivity index (χ3v) is 3.04. The fourth-order valence-corrected chi connectivity index (χ4v) is 1.98. The summed E-state index contributed by atoms with van der Waals surface area (Å²) in [6.07, 6.45) is 2.78. The van der Waals surface area contributed by atoms with Crippen LogP contribution in [-0.2, 0) is 14.3 Å². The number of para-hydroxylation sites is 1. The van der Waals surface area contributed by atoms with Crippen LogP contribution in [-0.4, -0.2) is 24.2 Å². The SMILES string of the molecule is C/C=C/C(=O)OCC(=O)Nc1ccccc1SCC#N. The van der Waals surface area contributed by atoms with Gasteiger partial charge >= 0.3 is 5.97 Å². The van der Waals surface area contributed by atoms with Gasteiger partial charge in [0.2, 0.25) is 0 Å². The number of nitriles is 1. The van der Waals surface area contributed by atoms with Crippen LogP contribution in [0.25, 0.3) is 0 Å². The maximum absolute atomic E-state index is 11.7. The van der Waals surface area contributed by atoms with Gasteiger partial charge in [0.05, 0.1) is 17.5 Å². The van der Waals surface area contributed by atoms with Crippen molar-refractivity contribution in [2.45, 2.75) is 11.8 Å². The highest BCUT2D eigenvalue weighted by atomic mass is 32.2. The molecule has 0 heterocycles. The van der Waals surface area contributed by atoms with Gasteiger partial charge in [-0.2, -0.15) is 5.26 Å². The van der Waals surface area contributed by atoms with Crippen LogP contribution in [0.15, 0.2) is 41.3 Å². The zero-order chi connectivity index (χ0) is 14.8. The summed E-state index contributed by atoms with van der Waals surface area (Å²) < 4.78 is 4.74. The van der Waals surface area contributed by atoms with Crippen molar-refractivity contribution in [3.8, 4) is 6.07 Å². The zero-order valence-corrected chi connectivity index (χ0v) is 11.8. The third-order valence-electron chi connectivity index (χ3n) is 2.10. The topological polar surface area (TPSA) is 79.2 Å². The summed E-state index contributed by atoms with van der Waals surface area (Å²) >= 11 is 1.33. The van der Waals surface area contributed by atoms with Crippen molar-refractivity contribution in [3.63, 3.8) is 0 Å². The average Bonchev–Trinajstić information content (AvgIpc) is 2.44. The molecule has 1 rings (SSSR count). The summed E-state index contributed by atoms with van der Waals surface area (Å²) in [5.74, 6) is -0.689. The summed E-state index contributed by atoms with van der Waals surface area (Å²) in [5, 5.41) is 11.2. The molecule has 5 nitrogen and oxygen atoms in total. The first-order valence-corrected chi connectivity index (χ1v) is 6.84. The van der Waals surface area contributed by atoms with Gasteiger partial charge in [0.25, 0.3) is 5.91 Å². The molecular formula is C14H14N2O3S. The Morgan fingerprint density at radius 3 is 2.90 bits per heavy atom. The molecule has 0 saturated heterocycles. The Morgan fingerprint density at radius 2 is 2.20 bits per heavy atom. The van der Waals surface area contributed by atoms with Gasteiger partial charge in [0.15, 0.2) is 6.61 Å². The molecule has 0 aromatic heterocycles. The van der Waals surface area contributed by atoms with Gasteiger partial charge in [0, 0.05) is 11.0 Å². The van der Waals surface area contributed by atoms with E-state index in [1.165, 1.54) is 23.9 Å². The van der Waals surface area contributed by atoms with Gasteiger partial charge in [0.1, 0.15) is 0 Å². The number of benzene rings is 1. The minimum absolute atomic E-state index is 0.295. The molecule has 0 unspecified atom stereocenters. The predicted molar refractivity (Wildman–Crippen MR) is 77.2 cm³/mol. The first-order valence-electron chi connectivity index (χ1n) is 5.85. The van der Waals surface area contributed by atoms with Crippen LogP contribution in [0.4, 0.5) is 5.69 Å². The molecule has 1 N–H and O–H groups in total. The van der Waals surface area contributed by atoms with Crippen LogP contribution >= 0.6 is 11.8 Å². The minimum atomic E-state index is -0.560. The highest BCUT2D eigenvalue weighted by Crippen LogP contribution is 2.26. The Balaban J connectivity index is 2.57. The van der Waals surface area contributed by atoms with Crippen LogP contribution < -0.4 is 5.32 Å². The molecule has 20 heavy (non-hydrogen) atoms. The molecule has 104 valence electrons. The lowest BCUT2D eigenvalue weighted by molar-refractivity contribution is -0.142. The highest BCUT2D eigenvalue weighted by Gasteiger charge is 2.08. The van der Waals surface area contributed by atoms with E-state index in [2.05, 4.69) is 5.32 Å². The fourth-order valence-electron chi connectivity index (χ4n) is 1.31. The number of hydrogen-bond donors (Lipinski definition) is 1. The molecule has 0 bridgehead atoms. The van der Waals surface area contributed by atoms with Gasteiger partial charge < -0.3 is 10.1 Å². The number of carbonyl (C=O) groups is 2. The van der Waals surface area contributed by atoms with Crippen molar-refractivity contribution in [2.75, 3.05) is 17.7 Å². The molecule has 1 amide bonds. The molecule has 0 saturated carbocycles. The molecule has 0 radical (unpaired) electrons. The third kappa shape index (κ3) is 5.59. The van der Waals surface area contributed by atoms with E-state index in [0.717, 1.165) is 4.90 Å². The lowest BCUT2D eigenvalue weighted by atomic mass is 10.3. The number of anilines is 1. The maximum atomic E-state index is 11.7. The number of allylic oxidation sites excluding steroid dienone is 1. The molecule has 0 atom stereocenters. The predicted octanol–water partition coefficient (Wildman–Crippen LogP) is 2.36. The molecular weight excluding hydrogens is 276 g/mol. The number of carbonyl (C=O) groups excluding carboxylic acids is 2. The summed E-state index contributed by atoms with van der Waals surface area (Å²) in [5.41, 5.74) is 0.597. The quantitative estimate of drug-likeness (QED) is 0.494. The molecule has 1 aromatic rings. The number of rotatable bonds is 6. The Bertz CT molecular complexity index is 550. The van der Waals surface area contributed by atoms with Crippen molar-refractivity contribution in [1.29, 1.82) is 5.26 Å².